The fourth-order valence-corrected chi connectivity index (χ4v) is 5.23. The van der Waals surface area contributed by atoms with Crippen molar-refractivity contribution in [1.29, 1.82) is 0 Å². The lowest BCUT2D eigenvalue weighted by Gasteiger charge is -2.30. The molecule has 2 heterocycles. The highest BCUT2D eigenvalue weighted by molar-refractivity contribution is 7.89. The molecule has 1 aromatic carbocycles. The minimum atomic E-state index is -3.68. The Morgan fingerprint density at radius 3 is 2.59 bits per heavy atom. The lowest BCUT2D eigenvalue weighted by Crippen LogP contribution is -2.41. The number of amides is 1. The molecule has 3 rings (SSSR count). The van der Waals surface area contributed by atoms with E-state index in [9.17, 15) is 13.2 Å². The molecule has 1 aliphatic heterocycles. The van der Waals surface area contributed by atoms with Gasteiger partial charge in [-0.2, -0.15) is 4.31 Å². The molecular weight excluding hydrogens is 394 g/mol. The number of ether oxygens (including phenoxy) is 1. The Balaban J connectivity index is 1.63. The zero-order chi connectivity index (χ0) is 21.0. The van der Waals surface area contributed by atoms with E-state index in [-0.39, 0.29) is 35.6 Å². The van der Waals surface area contributed by atoms with Crippen molar-refractivity contribution >= 4 is 21.6 Å². The predicted molar refractivity (Wildman–Crippen MR) is 108 cm³/mol. The van der Waals surface area contributed by atoms with Crippen molar-refractivity contribution in [2.24, 2.45) is 5.92 Å². The van der Waals surface area contributed by atoms with Gasteiger partial charge in [0.05, 0.1) is 12.3 Å². The molecule has 1 fully saturated rings. The van der Waals surface area contributed by atoms with Crippen LogP contribution in [0, 0.1) is 19.8 Å². The van der Waals surface area contributed by atoms with Crippen LogP contribution in [0.1, 0.15) is 37.6 Å². The van der Waals surface area contributed by atoms with E-state index in [0.717, 1.165) is 6.42 Å². The number of hydrogen-bond acceptors (Lipinski definition) is 6. The first kappa shape index (κ1) is 21.3. The number of carbonyl (C=O) groups is 1. The maximum atomic E-state index is 12.9. The maximum Gasteiger partial charge on any atom is 0.248 e. The molecule has 0 spiro atoms. The number of para-hydroxylation sites is 2. The minimum Gasteiger partial charge on any atom is -0.491 e. The molecule has 8 nitrogen and oxygen atoms in total. The van der Waals surface area contributed by atoms with Crippen molar-refractivity contribution in [3.05, 3.63) is 35.7 Å². The number of nitrogens with one attached hydrogen (secondary N) is 1. The molecule has 0 radical (unpaired) electrons. The molecule has 0 bridgehead atoms. The summed E-state index contributed by atoms with van der Waals surface area (Å²) in [5.74, 6) is 0.546. The highest BCUT2D eigenvalue weighted by Crippen LogP contribution is 2.29. The zero-order valence-corrected chi connectivity index (χ0v) is 17.8. The van der Waals surface area contributed by atoms with Gasteiger partial charge in [0.25, 0.3) is 0 Å². The number of anilines is 1. The molecule has 9 heteroatoms. The second kappa shape index (κ2) is 8.96. The lowest BCUT2D eigenvalue weighted by molar-refractivity contribution is -0.120. The molecule has 1 N–H and O–H groups in total. The van der Waals surface area contributed by atoms with E-state index < -0.39 is 10.0 Å². The fourth-order valence-electron chi connectivity index (χ4n) is 3.47. The number of nitrogens with zero attached hydrogens (tertiary/aromatic N) is 2. The molecule has 158 valence electrons. The van der Waals surface area contributed by atoms with E-state index in [2.05, 4.69) is 10.5 Å². The average Bonchev–Trinajstić information content (AvgIpc) is 3.06. The summed E-state index contributed by atoms with van der Waals surface area (Å²) in [6.07, 6.45) is 1.78. The van der Waals surface area contributed by atoms with Crippen molar-refractivity contribution < 1.29 is 22.5 Å². The molecule has 0 atom stereocenters. The van der Waals surface area contributed by atoms with Gasteiger partial charge in [-0.25, -0.2) is 8.42 Å². The number of aromatic nitrogens is 1. The molecule has 1 aliphatic rings. The van der Waals surface area contributed by atoms with Gasteiger partial charge in [0.2, 0.25) is 15.9 Å². The van der Waals surface area contributed by atoms with Crippen molar-refractivity contribution in [3.63, 3.8) is 0 Å². The number of carbonyl (C=O) groups excluding carboxylic acids is 1. The van der Waals surface area contributed by atoms with Gasteiger partial charge in [0.1, 0.15) is 16.3 Å². The molecule has 1 saturated heterocycles. The minimum absolute atomic E-state index is 0.119. The normalized spacial score (nSPS) is 16.0. The van der Waals surface area contributed by atoms with Gasteiger partial charge < -0.3 is 14.6 Å². The monoisotopic (exact) mass is 421 g/mol. The van der Waals surface area contributed by atoms with Gasteiger partial charge in [0.15, 0.2) is 5.76 Å². The van der Waals surface area contributed by atoms with E-state index in [1.54, 1.807) is 19.9 Å². The number of sulfonamides is 1. The van der Waals surface area contributed by atoms with Gasteiger partial charge in [-0.15, -0.1) is 0 Å². The van der Waals surface area contributed by atoms with E-state index in [0.29, 0.717) is 36.6 Å². The van der Waals surface area contributed by atoms with Gasteiger partial charge in [-0.3, -0.25) is 4.79 Å². The molecule has 1 amide bonds. The Morgan fingerprint density at radius 1 is 1.28 bits per heavy atom. The van der Waals surface area contributed by atoms with Crippen LogP contribution in [0.3, 0.4) is 0 Å². The number of piperidine rings is 1. The number of benzene rings is 1. The smallest absolute Gasteiger partial charge is 0.248 e. The third-order valence-electron chi connectivity index (χ3n) is 5.00. The van der Waals surface area contributed by atoms with Crippen LogP contribution in [0.25, 0.3) is 0 Å². The zero-order valence-electron chi connectivity index (χ0n) is 17.0. The Bertz CT molecular complexity index is 943. The summed E-state index contributed by atoms with van der Waals surface area (Å²) in [6.45, 7) is 6.35. The van der Waals surface area contributed by atoms with Crippen LogP contribution in [0.5, 0.6) is 5.75 Å². The second-order valence-electron chi connectivity index (χ2n) is 7.17. The molecule has 0 aliphatic carbocycles. The first-order valence-electron chi connectivity index (χ1n) is 9.80. The van der Waals surface area contributed by atoms with Gasteiger partial charge in [-0.1, -0.05) is 24.2 Å². The number of hydrogen-bond donors (Lipinski definition) is 1. The van der Waals surface area contributed by atoms with E-state index in [4.69, 9.17) is 9.26 Å². The number of aryl methyl sites for hydroxylation is 2. The molecule has 0 unspecified atom stereocenters. The Labute approximate surface area is 171 Å². The first-order valence-corrected chi connectivity index (χ1v) is 11.2. The van der Waals surface area contributed by atoms with Crippen molar-refractivity contribution in [2.75, 3.05) is 25.0 Å². The van der Waals surface area contributed by atoms with Crippen molar-refractivity contribution in [1.82, 2.24) is 9.46 Å². The average molecular weight is 422 g/mol. The Hall–Kier alpha value is -2.39. The SMILES string of the molecule is CCCOc1ccccc1NC(=O)C1CCN(S(=O)(=O)c2c(C)noc2C)CC1. The molecule has 2 aromatic rings. The lowest BCUT2D eigenvalue weighted by atomic mass is 9.97. The third kappa shape index (κ3) is 4.62. The fraction of sp³-hybridized carbons (Fsp3) is 0.500. The van der Waals surface area contributed by atoms with Crippen molar-refractivity contribution in [3.8, 4) is 5.75 Å². The van der Waals surface area contributed by atoms with Crippen LogP contribution in [0.15, 0.2) is 33.7 Å². The van der Waals surface area contributed by atoms with E-state index in [1.165, 1.54) is 4.31 Å². The summed E-state index contributed by atoms with van der Waals surface area (Å²) in [4.78, 5) is 12.9. The maximum absolute atomic E-state index is 12.9. The highest BCUT2D eigenvalue weighted by Gasteiger charge is 2.35. The van der Waals surface area contributed by atoms with Crippen LogP contribution >= 0.6 is 0 Å². The Kier molecular flexibility index (Phi) is 6.59. The molecule has 0 saturated carbocycles. The third-order valence-corrected chi connectivity index (χ3v) is 7.14. The van der Waals surface area contributed by atoms with E-state index >= 15 is 0 Å². The van der Waals surface area contributed by atoms with Crippen LogP contribution in [-0.4, -0.2) is 43.5 Å². The summed E-state index contributed by atoms with van der Waals surface area (Å²) in [7, 11) is -3.68. The topological polar surface area (TPSA) is 102 Å². The summed E-state index contributed by atoms with van der Waals surface area (Å²) < 4.78 is 37.9. The van der Waals surface area contributed by atoms with Gasteiger partial charge >= 0.3 is 0 Å². The van der Waals surface area contributed by atoms with Crippen LogP contribution in [0.4, 0.5) is 5.69 Å². The second-order valence-corrected chi connectivity index (χ2v) is 9.04. The van der Waals surface area contributed by atoms with Gasteiger partial charge in [-0.05, 0) is 45.2 Å². The summed E-state index contributed by atoms with van der Waals surface area (Å²) in [5.41, 5.74) is 0.989. The van der Waals surface area contributed by atoms with Gasteiger partial charge in [0, 0.05) is 19.0 Å². The first-order chi connectivity index (χ1) is 13.8. The highest BCUT2D eigenvalue weighted by atomic mass is 32.2. The quantitative estimate of drug-likeness (QED) is 0.737. The van der Waals surface area contributed by atoms with Crippen molar-refractivity contribution in [2.45, 2.75) is 44.9 Å². The largest absolute Gasteiger partial charge is 0.491 e. The molecular formula is C20H27N3O5S. The molecule has 1 aromatic heterocycles. The van der Waals surface area contributed by atoms with Crippen LogP contribution in [-0.2, 0) is 14.8 Å². The standard InChI is InChI=1S/C20H27N3O5S/c1-4-13-27-18-8-6-5-7-17(18)21-20(24)16-9-11-23(12-10-16)29(25,26)19-14(2)22-28-15(19)3/h5-8,16H,4,9-13H2,1-3H3,(H,21,24). The number of rotatable bonds is 7. The summed E-state index contributed by atoms with van der Waals surface area (Å²) in [5, 5.41) is 6.67. The summed E-state index contributed by atoms with van der Waals surface area (Å²) >= 11 is 0. The Morgan fingerprint density at radius 2 is 1.97 bits per heavy atom. The van der Waals surface area contributed by atoms with Crippen LogP contribution in [0.2, 0.25) is 0 Å². The van der Waals surface area contributed by atoms with E-state index in [1.807, 2.05) is 25.1 Å². The predicted octanol–water partition coefficient (Wildman–Crippen LogP) is 3.12. The van der Waals surface area contributed by atoms with Crippen LogP contribution < -0.4 is 10.1 Å². The summed E-state index contributed by atoms with van der Waals surface area (Å²) in [6, 6.07) is 7.33. The molecule has 29 heavy (non-hydrogen) atoms.